The first-order valence-corrected chi connectivity index (χ1v) is 9.00. The largest absolute Gasteiger partial charge is 0.550 e. The average molecular weight is 352 g/mol. The van der Waals surface area contributed by atoms with Crippen molar-refractivity contribution in [3.8, 4) is 0 Å². The van der Waals surface area contributed by atoms with Crippen molar-refractivity contribution in [3.63, 3.8) is 0 Å². The molecule has 24 heavy (non-hydrogen) atoms. The maximum Gasteiger partial charge on any atom is 0.341 e. The molecule has 1 aromatic rings. The third-order valence-electron chi connectivity index (χ3n) is 4.37. The Labute approximate surface area is 145 Å². The van der Waals surface area contributed by atoms with Crippen LogP contribution < -0.4 is 10.4 Å². The number of carbonyl (C=O) groups excluding carboxylic acids is 3. The van der Waals surface area contributed by atoms with Gasteiger partial charge in [-0.2, -0.15) is 0 Å². The predicted octanol–water partition coefficient (Wildman–Crippen LogP) is 1.91. The fraction of sp³-hybridized carbons (Fsp3) is 0.588. The number of rotatable bonds is 7. The first kappa shape index (κ1) is 18.4. The summed E-state index contributed by atoms with van der Waals surface area (Å²) in [5.41, 5.74) is 1.45. The molecule has 2 rings (SSSR count). The molecule has 0 unspecified atom stereocenters. The van der Waals surface area contributed by atoms with Gasteiger partial charge in [0.1, 0.15) is 5.00 Å². The van der Waals surface area contributed by atoms with E-state index in [0.717, 1.165) is 36.1 Å². The van der Waals surface area contributed by atoms with Crippen molar-refractivity contribution in [2.75, 3.05) is 12.4 Å². The number of ether oxygens (including phenoxy) is 1. The SMILES string of the molecule is CC[C@H]1CCc2c(sc(NC(=O)CCCC(=O)[O-])c2C(=O)OC)C1. The van der Waals surface area contributed by atoms with Gasteiger partial charge in [-0.3, -0.25) is 4.79 Å². The van der Waals surface area contributed by atoms with Crippen molar-refractivity contribution in [1.29, 1.82) is 0 Å². The minimum Gasteiger partial charge on any atom is -0.550 e. The lowest BCUT2D eigenvalue weighted by Gasteiger charge is -2.20. The molecule has 0 radical (unpaired) electrons. The van der Waals surface area contributed by atoms with Gasteiger partial charge in [0.05, 0.1) is 12.7 Å². The summed E-state index contributed by atoms with van der Waals surface area (Å²) in [6, 6.07) is 0. The topological polar surface area (TPSA) is 95.5 Å². The van der Waals surface area contributed by atoms with Gasteiger partial charge in [-0.25, -0.2) is 4.79 Å². The van der Waals surface area contributed by atoms with Gasteiger partial charge in [-0.15, -0.1) is 11.3 Å². The summed E-state index contributed by atoms with van der Waals surface area (Å²) in [7, 11) is 1.33. The molecule has 0 aliphatic heterocycles. The highest BCUT2D eigenvalue weighted by Crippen LogP contribution is 2.40. The number of carbonyl (C=O) groups is 3. The van der Waals surface area contributed by atoms with Crippen LogP contribution >= 0.6 is 11.3 Å². The van der Waals surface area contributed by atoms with Crippen LogP contribution in [0.5, 0.6) is 0 Å². The van der Waals surface area contributed by atoms with Crippen LogP contribution in [0.1, 0.15) is 59.8 Å². The second-order valence-corrected chi connectivity index (χ2v) is 7.10. The van der Waals surface area contributed by atoms with E-state index in [-0.39, 0.29) is 25.2 Å². The van der Waals surface area contributed by atoms with E-state index in [1.165, 1.54) is 18.4 Å². The number of carboxylic acids is 1. The van der Waals surface area contributed by atoms with E-state index in [1.807, 2.05) is 0 Å². The molecule has 1 heterocycles. The predicted molar refractivity (Wildman–Crippen MR) is 89.0 cm³/mol. The van der Waals surface area contributed by atoms with Crippen LogP contribution in [0.25, 0.3) is 0 Å². The van der Waals surface area contributed by atoms with Gasteiger partial charge in [0.25, 0.3) is 0 Å². The second-order valence-electron chi connectivity index (χ2n) is 5.99. The van der Waals surface area contributed by atoms with E-state index >= 15 is 0 Å². The van der Waals surface area contributed by atoms with Gasteiger partial charge in [-0.05, 0) is 43.6 Å². The molecule has 1 atom stereocenters. The highest BCUT2D eigenvalue weighted by molar-refractivity contribution is 7.17. The number of hydrogen-bond donors (Lipinski definition) is 1. The Bertz CT molecular complexity index is 637. The molecule has 1 aliphatic rings. The highest BCUT2D eigenvalue weighted by atomic mass is 32.1. The van der Waals surface area contributed by atoms with Crippen LogP contribution in [0.2, 0.25) is 0 Å². The Hall–Kier alpha value is -1.89. The monoisotopic (exact) mass is 352 g/mol. The Morgan fingerprint density at radius 1 is 1.33 bits per heavy atom. The number of hydrogen-bond acceptors (Lipinski definition) is 6. The third-order valence-corrected chi connectivity index (χ3v) is 5.54. The van der Waals surface area contributed by atoms with Crippen molar-refractivity contribution in [2.45, 2.75) is 51.9 Å². The lowest BCUT2D eigenvalue weighted by atomic mass is 9.85. The van der Waals surface area contributed by atoms with E-state index in [0.29, 0.717) is 16.5 Å². The number of fused-ring (bicyclic) bond motifs is 1. The minimum atomic E-state index is -1.17. The van der Waals surface area contributed by atoms with Crippen molar-refractivity contribution in [2.24, 2.45) is 5.92 Å². The Balaban J connectivity index is 2.16. The molecule has 0 aromatic carbocycles. The smallest absolute Gasteiger partial charge is 0.341 e. The zero-order chi connectivity index (χ0) is 17.7. The van der Waals surface area contributed by atoms with Crippen LogP contribution in [0.15, 0.2) is 0 Å². The number of esters is 1. The summed E-state index contributed by atoms with van der Waals surface area (Å²) in [4.78, 5) is 35.7. The molecule has 1 N–H and O–H groups in total. The van der Waals surface area contributed by atoms with Crippen LogP contribution in [-0.2, 0) is 27.2 Å². The van der Waals surface area contributed by atoms with E-state index in [4.69, 9.17) is 4.74 Å². The molecule has 1 aliphatic carbocycles. The summed E-state index contributed by atoms with van der Waals surface area (Å²) in [6.07, 6.45) is 3.99. The third kappa shape index (κ3) is 4.35. The summed E-state index contributed by atoms with van der Waals surface area (Å²) in [5, 5.41) is 13.7. The van der Waals surface area contributed by atoms with E-state index < -0.39 is 11.9 Å². The number of methoxy groups -OCH3 is 1. The minimum absolute atomic E-state index is 0.0781. The normalized spacial score (nSPS) is 16.3. The number of nitrogens with one attached hydrogen (secondary N) is 1. The Kier molecular flexibility index (Phi) is 6.36. The van der Waals surface area contributed by atoms with Gasteiger partial charge >= 0.3 is 5.97 Å². The molecule has 1 amide bonds. The molecule has 0 saturated carbocycles. The zero-order valence-corrected chi connectivity index (χ0v) is 14.8. The van der Waals surface area contributed by atoms with Crippen molar-refractivity contribution in [3.05, 3.63) is 16.0 Å². The standard InChI is InChI=1S/C17H23NO5S/c1-3-10-7-8-11-12(9-10)24-16(15(11)17(22)23-2)18-13(19)5-4-6-14(20)21/h10H,3-9H2,1-2H3,(H,18,19)(H,20,21)/p-1/t10-/m0/s1. The van der Waals surface area contributed by atoms with Crippen LogP contribution in [-0.4, -0.2) is 25.0 Å². The average Bonchev–Trinajstić information content (AvgIpc) is 2.90. The lowest BCUT2D eigenvalue weighted by Crippen LogP contribution is -2.22. The molecule has 7 heteroatoms. The fourth-order valence-corrected chi connectivity index (χ4v) is 4.36. The molecule has 0 spiro atoms. The maximum absolute atomic E-state index is 12.2. The van der Waals surface area contributed by atoms with Gasteiger partial charge in [0, 0.05) is 17.3 Å². The number of aliphatic carboxylic acids is 1. The maximum atomic E-state index is 12.2. The number of carboxylic acid groups (broad SMARTS) is 1. The highest BCUT2D eigenvalue weighted by Gasteiger charge is 2.29. The first-order chi connectivity index (χ1) is 11.5. The first-order valence-electron chi connectivity index (χ1n) is 8.18. The van der Waals surface area contributed by atoms with Crippen molar-refractivity contribution in [1.82, 2.24) is 0 Å². The molecule has 132 valence electrons. The molecule has 6 nitrogen and oxygen atoms in total. The number of thiophene rings is 1. The van der Waals surface area contributed by atoms with Gasteiger partial charge in [0.2, 0.25) is 5.91 Å². The molecular weight excluding hydrogens is 330 g/mol. The molecule has 1 aromatic heterocycles. The Morgan fingerprint density at radius 3 is 2.71 bits per heavy atom. The van der Waals surface area contributed by atoms with Gasteiger partial charge in [0.15, 0.2) is 0 Å². The van der Waals surface area contributed by atoms with Crippen LogP contribution in [0.3, 0.4) is 0 Å². The van der Waals surface area contributed by atoms with E-state index in [2.05, 4.69) is 12.2 Å². The summed E-state index contributed by atoms with van der Waals surface area (Å²) >= 11 is 1.43. The van der Waals surface area contributed by atoms with Crippen molar-refractivity contribution < 1.29 is 24.2 Å². The number of anilines is 1. The van der Waals surface area contributed by atoms with Crippen LogP contribution in [0.4, 0.5) is 5.00 Å². The number of amides is 1. The lowest BCUT2D eigenvalue weighted by molar-refractivity contribution is -0.305. The molecule has 0 fully saturated rings. The van der Waals surface area contributed by atoms with E-state index in [1.54, 1.807) is 0 Å². The Morgan fingerprint density at radius 2 is 2.08 bits per heavy atom. The second kappa shape index (κ2) is 8.28. The van der Waals surface area contributed by atoms with E-state index in [9.17, 15) is 19.5 Å². The zero-order valence-electron chi connectivity index (χ0n) is 14.0. The molecule has 0 bridgehead atoms. The van der Waals surface area contributed by atoms with Gasteiger partial charge in [-0.1, -0.05) is 13.3 Å². The summed E-state index contributed by atoms with van der Waals surface area (Å²) < 4.78 is 4.88. The van der Waals surface area contributed by atoms with Gasteiger partial charge < -0.3 is 20.0 Å². The molecule has 0 saturated heterocycles. The van der Waals surface area contributed by atoms with Crippen LogP contribution in [0, 0.1) is 5.92 Å². The van der Waals surface area contributed by atoms with Crippen molar-refractivity contribution >= 4 is 34.2 Å². The molecular formula is C17H22NO5S-. The summed E-state index contributed by atoms with van der Waals surface area (Å²) in [5.74, 6) is -1.30. The summed E-state index contributed by atoms with van der Waals surface area (Å²) in [6.45, 7) is 2.16. The fourth-order valence-electron chi connectivity index (χ4n) is 2.99. The quantitative estimate of drug-likeness (QED) is 0.756.